The number of nitrogens with zero attached hydrogens (tertiary/aromatic N) is 2. The lowest BCUT2D eigenvalue weighted by molar-refractivity contribution is -0.140. The molecule has 1 aliphatic rings. The zero-order chi connectivity index (χ0) is 23.4. The zero-order valence-corrected chi connectivity index (χ0v) is 19.5. The van der Waals surface area contributed by atoms with Gasteiger partial charge in [0.25, 0.3) is 11.7 Å². The van der Waals surface area contributed by atoms with Crippen LogP contribution in [-0.4, -0.2) is 59.9 Å². The molecule has 0 radical (unpaired) electrons. The van der Waals surface area contributed by atoms with Crippen molar-refractivity contribution in [2.75, 3.05) is 33.3 Å². The molecule has 32 heavy (non-hydrogen) atoms. The van der Waals surface area contributed by atoms with Crippen LogP contribution in [0, 0.1) is 13.8 Å². The number of aliphatic hydroxyl groups is 1. The fraction of sp³-hybridized carbons (Fsp3) is 0.385. The fourth-order valence-corrected chi connectivity index (χ4v) is 4.18. The van der Waals surface area contributed by atoms with E-state index in [-0.39, 0.29) is 11.3 Å². The molecule has 0 spiro atoms. The van der Waals surface area contributed by atoms with Gasteiger partial charge in [0, 0.05) is 18.7 Å². The van der Waals surface area contributed by atoms with Crippen LogP contribution in [0.1, 0.15) is 42.1 Å². The number of hydrogen-bond donors (Lipinski definition) is 1. The molecule has 1 unspecified atom stereocenters. The standard InChI is InChI=1S/C26H32N2O4/c1-6-27(7-2)14-15-28-23(19-10-8-17(3)9-11-19)22(25(30)26(28)31)24(29)20-12-13-21(32-5)18(4)16-20/h8-13,16,23,29H,6-7,14-15H2,1-5H3. The first-order valence-electron chi connectivity index (χ1n) is 11.0. The summed E-state index contributed by atoms with van der Waals surface area (Å²) in [6, 6.07) is 12.3. The van der Waals surface area contributed by atoms with Crippen molar-refractivity contribution in [3.63, 3.8) is 0 Å². The SMILES string of the molecule is CCN(CC)CCN1C(=O)C(=O)C(=C(O)c2ccc(OC)c(C)c2)C1c1ccc(C)cc1. The summed E-state index contributed by atoms with van der Waals surface area (Å²) in [5.41, 5.74) is 3.34. The maximum absolute atomic E-state index is 13.1. The fourth-order valence-electron chi connectivity index (χ4n) is 4.18. The second-order valence-corrected chi connectivity index (χ2v) is 8.11. The second-order valence-electron chi connectivity index (χ2n) is 8.11. The summed E-state index contributed by atoms with van der Waals surface area (Å²) in [6.07, 6.45) is 0. The van der Waals surface area contributed by atoms with E-state index in [4.69, 9.17) is 4.74 Å². The molecule has 6 heteroatoms. The Morgan fingerprint density at radius 1 is 1.06 bits per heavy atom. The van der Waals surface area contributed by atoms with E-state index in [1.807, 2.05) is 38.1 Å². The lowest BCUT2D eigenvalue weighted by atomic mass is 9.94. The number of rotatable bonds is 8. The molecule has 1 amide bonds. The van der Waals surface area contributed by atoms with Gasteiger partial charge in [-0.2, -0.15) is 0 Å². The van der Waals surface area contributed by atoms with Gasteiger partial charge in [-0.05, 0) is 56.3 Å². The number of hydrogen-bond acceptors (Lipinski definition) is 5. The highest BCUT2D eigenvalue weighted by molar-refractivity contribution is 6.46. The number of benzene rings is 2. The number of likely N-dealkylation sites (N-methyl/N-ethyl adjacent to an activating group) is 1. The van der Waals surface area contributed by atoms with Gasteiger partial charge in [-0.1, -0.05) is 43.7 Å². The first-order chi connectivity index (χ1) is 15.3. The van der Waals surface area contributed by atoms with E-state index in [0.717, 1.165) is 29.8 Å². The number of aliphatic hydroxyl groups excluding tert-OH is 1. The largest absolute Gasteiger partial charge is 0.507 e. The monoisotopic (exact) mass is 436 g/mol. The highest BCUT2D eigenvalue weighted by Gasteiger charge is 2.45. The smallest absolute Gasteiger partial charge is 0.295 e. The molecule has 0 bridgehead atoms. The van der Waals surface area contributed by atoms with Crippen LogP contribution in [0.5, 0.6) is 5.75 Å². The third kappa shape index (κ3) is 4.55. The predicted molar refractivity (Wildman–Crippen MR) is 126 cm³/mol. The number of methoxy groups -OCH3 is 1. The van der Waals surface area contributed by atoms with Crippen molar-refractivity contribution in [3.8, 4) is 5.75 Å². The average Bonchev–Trinajstić information content (AvgIpc) is 3.04. The Morgan fingerprint density at radius 3 is 2.28 bits per heavy atom. The van der Waals surface area contributed by atoms with Crippen LogP contribution in [0.4, 0.5) is 0 Å². The normalized spacial score (nSPS) is 17.9. The van der Waals surface area contributed by atoms with Crippen LogP contribution >= 0.6 is 0 Å². The first kappa shape index (κ1) is 23.5. The molecule has 1 N–H and O–H groups in total. The molecule has 6 nitrogen and oxygen atoms in total. The van der Waals surface area contributed by atoms with Crippen LogP contribution in [0.2, 0.25) is 0 Å². The molecule has 3 rings (SSSR count). The van der Waals surface area contributed by atoms with E-state index in [0.29, 0.717) is 24.4 Å². The van der Waals surface area contributed by atoms with Crippen LogP contribution in [0.25, 0.3) is 5.76 Å². The van der Waals surface area contributed by atoms with E-state index >= 15 is 0 Å². The summed E-state index contributed by atoms with van der Waals surface area (Å²) in [4.78, 5) is 30.0. The van der Waals surface area contributed by atoms with Gasteiger partial charge in [0.2, 0.25) is 0 Å². The van der Waals surface area contributed by atoms with Crippen molar-refractivity contribution >= 4 is 17.4 Å². The summed E-state index contributed by atoms with van der Waals surface area (Å²) in [5.74, 6) is -0.697. The number of carbonyl (C=O) groups is 2. The van der Waals surface area contributed by atoms with Gasteiger partial charge in [-0.25, -0.2) is 0 Å². The van der Waals surface area contributed by atoms with Crippen LogP contribution in [0.3, 0.4) is 0 Å². The number of likely N-dealkylation sites (tertiary alicyclic amines) is 1. The molecular formula is C26H32N2O4. The number of ether oxygens (including phenoxy) is 1. The Balaban J connectivity index is 2.10. The molecule has 0 saturated carbocycles. The highest BCUT2D eigenvalue weighted by atomic mass is 16.5. The molecule has 2 aromatic carbocycles. The lowest BCUT2D eigenvalue weighted by Gasteiger charge is -2.28. The third-order valence-electron chi connectivity index (χ3n) is 6.15. The van der Waals surface area contributed by atoms with Gasteiger partial charge in [-0.15, -0.1) is 0 Å². The van der Waals surface area contributed by atoms with E-state index in [9.17, 15) is 14.7 Å². The van der Waals surface area contributed by atoms with Crippen molar-refractivity contribution in [3.05, 3.63) is 70.3 Å². The topological polar surface area (TPSA) is 70.1 Å². The van der Waals surface area contributed by atoms with E-state index in [1.165, 1.54) is 0 Å². The molecule has 1 heterocycles. The Hall–Kier alpha value is -3.12. The molecule has 1 fully saturated rings. The summed E-state index contributed by atoms with van der Waals surface area (Å²) >= 11 is 0. The Morgan fingerprint density at radius 2 is 1.72 bits per heavy atom. The number of carbonyl (C=O) groups excluding carboxylic acids is 2. The number of Topliss-reactive ketones (excluding diaryl/α,β-unsaturated/α-hetero) is 1. The van der Waals surface area contributed by atoms with E-state index < -0.39 is 17.7 Å². The molecule has 1 saturated heterocycles. The summed E-state index contributed by atoms with van der Waals surface area (Å²) in [7, 11) is 1.58. The van der Waals surface area contributed by atoms with Crippen molar-refractivity contribution in [2.45, 2.75) is 33.7 Å². The van der Waals surface area contributed by atoms with Crippen molar-refractivity contribution in [2.24, 2.45) is 0 Å². The van der Waals surface area contributed by atoms with Crippen LogP contribution in [-0.2, 0) is 9.59 Å². The van der Waals surface area contributed by atoms with Crippen LogP contribution < -0.4 is 4.74 Å². The minimum atomic E-state index is -0.652. The molecule has 1 atom stereocenters. The van der Waals surface area contributed by atoms with Gasteiger partial charge >= 0.3 is 0 Å². The molecular weight excluding hydrogens is 404 g/mol. The van der Waals surface area contributed by atoms with Gasteiger partial charge < -0.3 is 19.6 Å². The van der Waals surface area contributed by atoms with E-state index in [1.54, 1.807) is 30.2 Å². The molecule has 1 aliphatic heterocycles. The minimum absolute atomic E-state index is 0.128. The van der Waals surface area contributed by atoms with Crippen molar-refractivity contribution < 1.29 is 19.4 Å². The summed E-state index contributed by atoms with van der Waals surface area (Å²) in [6.45, 7) is 10.8. The minimum Gasteiger partial charge on any atom is -0.507 e. The van der Waals surface area contributed by atoms with E-state index in [2.05, 4.69) is 18.7 Å². The molecule has 0 aliphatic carbocycles. The van der Waals surface area contributed by atoms with Crippen molar-refractivity contribution in [1.82, 2.24) is 9.80 Å². The number of amides is 1. The maximum Gasteiger partial charge on any atom is 0.295 e. The number of aryl methyl sites for hydroxylation is 2. The van der Waals surface area contributed by atoms with Gasteiger partial charge in [-0.3, -0.25) is 9.59 Å². The quantitative estimate of drug-likeness (QED) is 0.384. The Bertz CT molecular complexity index is 1020. The average molecular weight is 437 g/mol. The predicted octanol–water partition coefficient (Wildman–Crippen LogP) is 4.08. The third-order valence-corrected chi connectivity index (χ3v) is 6.15. The van der Waals surface area contributed by atoms with Crippen LogP contribution in [0.15, 0.2) is 48.0 Å². The molecule has 2 aromatic rings. The molecule has 0 aromatic heterocycles. The summed E-state index contributed by atoms with van der Waals surface area (Å²) in [5, 5.41) is 11.2. The van der Waals surface area contributed by atoms with Crippen molar-refractivity contribution in [1.29, 1.82) is 0 Å². The summed E-state index contributed by atoms with van der Waals surface area (Å²) < 4.78 is 5.31. The zero-order valence-electron chi connectivity index (χ0n) is 19.5. The first-order valence-corrected chi connectivity index (χ1v) is 11.0. The lowest BCUT2D eigenvalue weighted by Crippen LogP contribution is -2.38. The second kappa shape index (κ2) is 10.0. The van der Waals surface area contributed by atoms with Gasteiger partial charge in [0.1, 0.15) is 11.5 Å². The van der Waals surface area contributed by atoms with Gasteiger partial charge in [0.05, 0.1) is 18.7 Å². The van der Waals surface area contributed by atoms with Gasteiger partial charge in [0.15, 0.2) is 0 Å². The molecule has 170 valence electrons. The Labute approximate surface area is 190 Å². The number of ketones is 1. The highest BCUT2D eigenvalue weighted by Crippen LogP contribution is 2.39. The Kier molecular flexibility index (Phi) is 7.36. The maximum atomic E-state index is 13.1.